The van der Waals surface area contributed by atoms with Gasteiger partial charge in [-0.25, -0.2) is 9.07 Å². The van der Waals surface area contributed by atoms with Crippen molar-refractivity contribution < 1.29 is 9.13 Å². The van der Waals surface area contributed by atoms with Gasteiger partial charge in [-0.2, -0.15) is 5.10 Å². The van der Waals surface area contributed by atoms with Gasteiger partial charge in [-0.3, -0.25) is 4.90 Å². The summed E-state index contributed by atoms with van der Waals surface area (Å²) in [5, 5.41) is 4.38. The van der Waals surface area contributed by atoms with Gasteiger partial charge in [-0.1, -0.05) is 12.1 Å². The van der Waals surface area contributed by atoms with Crippen LogP contribution in [0.5, 0.6) is 0 Å². The molecule has 0 saturated carbocycles. The van der Waals surface area contributed by atoms with Crippen LogP contribution in [0.4, 0.5) is 4.39 Å². The molecule has 1 aliphatic heterocycles. The van der Waals surface area contributed by atoms with Crippen molar-refractivity contribution in [3.05, 3.63) is 46.7 Å². The van der Waals surface area contributed by atoms with Gasteiger partial charge in [0.15, 0.2) is 4.77 Å². The van der Waals surface area contributed by atoms with E-state index in [2.05, 4.69) is 23.8 Å². The summed E-state index contributed by atoms with van der Waals surface area (Å²) < 4.78 is 23.4. The minimum absolute atomic E-state index is 0.0503. The van der Waals surface area contributed by atoms with E-state index >= 15 is 0 Å². The molecule has 0 spiro atoms. The van der Waals surface area contributed by atoms with Crippen molar-refractivity contribution in [1.29, 1.82) is 0 Å². The van der Waals surface area contributed by atoms with Crippen molar-refractivity contribution >= 4 is 12.2 Å². The molecule has 1 atom stereocenters. The van der Waals surface area contributed by atoms with E-state index in [9.17, 15) is 4.39 Å². The van der Waals surface area contributed by atoms with Crippen molar-refractivity contribution in [1.82, 2.24) is 19.2 Å². The first-order valence-corrected chi connectivity index (χ1v) is 8.19. The SMILES string of the molecule is CC(C)n1cnn(CN2CCOC(c3ccc(F)cc3)C2)c1=S. The minimum Gasteiger partial charge on any atom is -0.371 e. The van der Waals surface area contributed by atoms with E-state index in [1.807, 2.05) is 9.25 Å². The molecule has 2 aromatic rings. The zero-order chi connectivity index (χ0) is 16.4. The Hall–Kier alpha value is -1.57. The first-order valence-electron chi connectivity index (χ1n) is 7.78. The van der Waals surface area contributed by atoms with E-state index < -0.39 is 0 Å². The maximum absolute atomic E-state index is 13.1. The number of halogens is 1. The molecule has 2 heterocycles. The Morgan fingerprint density at radius 3 is 2.74 bits per heavy atom. The summed E-state index contributed by atoms with van der Waals surface area (Å²) in [5.74, 6) is -0.230. The number of rotatable bonds is 4. The van der Waals surface area contributed by atoms with Crippen molar-refractivity contribution in [3.63, 3.8) is 0 Å². The Bertz CT molecular complexity index is 710. The highest BCUT2D eigenvalue weighted by Crippen LogP contribution is 2.22. The molecule has 1 fully saturated rings. The minimum atomic E-state index is -0.230. The molecule has 1 aliphatic rings. The summed E-state index contributed by atoms with van der Waals surface area (Å²) in [7, 11) is 0. The Morgan fingerprint density at radius 1 is 1.35 bits per heavy atom. The molecule has 3 rings (SSSR count). The predicted octanol–water partition coefficient (Wildman–Crippen LogP) is 3.17. The molecule has 0 bridgehead atoms. The molecule has 0 radical (unpaired) electrons. The molecule has 0 N–H and O–H groups in total. The van der Waals surface area contributed by atoms with Gasteiger partial charge in [0.25, 0.3) is 0 Å². The maximum Gasteiger partial charge on any atom is 0.199 e. The average Bonchev–Trinajstić information content (AvgIpc) is 2.89. The van der Waals surface area contributed by atoms with Gasteiger partial charge in [0.05, 0.1) is 19.4 Å². The van der Waals surface area contributed by atoms with Gasteiger partial charge in [0.2, 0.25) is 0 Å². The zero-order valence-electron chi connectivity index (χ0n) is 13.4. The molecule has 1 unspecified atom stereocenters. The molecule has 0 aliphatic carbocycles. The smallest absolute Gasteiger partial charge is 0.199 e. The summed E-state index contributed by atoms with van der Waals surface area (Å²) in [6.07, 6.45) is 1.73. The van der Waals surface area contributed by atoms with Crippen LogP contribution in [0.15, 0.2) is 30.6 Å². The Labute approximate surface area is 140 Å². The van der Waals surface area contributed by atoms with E-state index in [0.29, 0.717) is 19.3 Å². The molecule has 0 amide bonds. The fraction of sp³-hybridized carbons (Fsp3) is 0.500. The fourth-order valence-corrected chi connectivity index (χ4v) is 3.06. The third-order valence-electron chi connectivity index (χ3n) is 4.04. The van der Waals surface area contributed by atoms with Gasteiger partial charge in [0, 0.05) is 19.1 Å². The first-order chi connectivity index (χ1) is 11.0. The lowest BCUT2D eigenvalue weighted by Gasteiger charge is -2.32. The highest BCUT2D eigenvalue weighted by Gasteiger charge is 2.22. The normalized spacial score (nSPS) is 19.4. The Morgan fingerprint density at radius 2 is 2.09 bits per heavy atom. The number of benzene rings is 1. The highest BCUT2D eigenvalue weighted by atomic mass is 32.1. The summed E-state index contributed by atoms with van der Waals surface area (Å²) in [6, 6.07) is 6.80. The summed E-state index contributed by atoms with van der Waals surface area (Å²) in [6.45, 7) is 7.01. The van der Waals surface area contributed by atoms with Gasteiger partial charge < -0.3 is 9.30 Å². The van der Waals surface area contributed by atoms with E-state index in [0.717, 1.165) is 23.4 Å². The lowest BCUT2D eigenvalue weighted by molar-refractivity contribution is -0.0419. The van der Waals surface area contributed by atoms with Crippen molar-refractivity contribution in [2.24, 2.45) is 0 Å². The monoisotopic (exact) mass is 336 g/mol. The third-order valence-corrected chi connectivity index (χ3v) is 4.46. The topological polar surface area (TPSA) is 35.2 Å². The maximum atomic E-state index is 13.1. The number of hydrogen-bond donors (Lipinski definition) is 0. The molecule has 1 aromatic carbocycles. The molecular formula is C16H21FN4OS. The highest BCUT2D eigenvalue weighted by molar-refractivity contribution is 7.71. The second-order valence-electron chi connectivity index (χ2n) is 6.04. The quantitative estimate of drug-likeness (QED) is 0.804. The summed E-state index contributed by atoms with van der Waals surface area (Å²) in [5.41, 5.74) is 0.993. The second-order valence-corrected chi connectivity index (χ2v) is 6.41. The van der Waals surface area contributed by atoms with Crippen LogP contribution < -0.4 is 0 Å². The van der Waals surface area contributed by atoms with Crippen molar-refractivity contribution in [3.8, 4) is 0 Å². The van der Waals surface area contributed by atoms with E-state index in [4.69, 9.17) is 17.0 Å². The van der Waals surface area contributed by atoms with Crippen LogP contribution in [0, 0.1) is 10.6 Å². The van der Waals surface area contributed by atoms with E-state index in [-0.39, 0.29) is 11.9 Å². The summed E-state index contributed by atoms with van der Waals surface area (Å²) in [4.78, 5) is 2.25. The van der Waals surface area contributed by atoms with Crippen LogP contribution >= 0.6 is 12.2 Å². The second kappa shape index (κ2) is 6.90. The molecular weight excluding hydrogens is 315 g/mol. The van der Waals surface area contributed by atoms with Gasteiger partial charge in [-0.05, 0) is 43.8 Å². The van der Waals surface area contributed by atoms with Crippen LogP contribution in [0.2, 0.25) is 0 Å². The van der Waals surface area contributed by atoms with Gasteiger partial charge >= 0.3 is 0 Å². The van der Waals surface area contributed by atoms with Crippen LogP contribution in [0.3, 0.4) is 0 Å². The van der Waals surface area contributed by atoms with E-state index in [1.54, 1.807) is 18.5 Å². The summed E-state index contributed by atoms with van der Waals surface area (Å²) >= 11 is 5.47. The fourth-order valence-electron chi connectivity index (χ4n) is 2.70. The van der Waals surface area contributed by atoms with Crippen molar-refractivity contribution in [2.75, 3.05) is 19.7 Å². The van der Waals surface area contributed by atoms with Crippen LogP contribution in [-0.4, -0.2) is 38.9 Å². The van der Waals surface area contributed by atoms with Crippen LogP contribution in [-0.2, 0) is 11.4 Å². The van der Waals surface area contributed by atoms with Crippen LogP contribution in [0.1, 0.15) is 31.6 Å². The standard InChI is InChI=1S/C16H21FN4OS/c1-12(2)20-10-18-21(16(20)23)11-19-7-8-22-15(9-19)13-3-5-14(17)6-4-13/h3-6,10,12,15H,7-9,11H2,1-2H3. The molecule has 124 valence electrons. The Balaban J connectivity index is 1.69. The zero-order valence-corrected chi connectivity index (χ0v) is 14.2. The Kier molecular flexibility index (Phi) is 4.89. The van der Waals surface area contributed by atoms with E-state index in [1.165, 1.54) is 12.1 Å². The van der Waals surface area contributed by atoms with Crippen LogP contribution in [0.25, 0.3) is 0 Å². The lowest BCUT2D eigenvalue weighted by atomic mass is 10.1. The number of ether oxygens (including phenoxy) is 1. The van der Waals surface area contributed by atoms with Gasteiger partial charge in [-0.15, -0.1) is 0 Å². The number of morpholine rings is 1. The molecule has 23 heavy (non-hydrogen) atoms. The molecule has 7 heteroatoms. The number of hydrogen-bond acceptors (Lipinski definition) is 4. The molecule has 5 nitrogen and oxygen atoms in total. The van der Waals surface area contributed by atoms with Gasteiger partial charge in [0.1, 0.15) is 12.1 Å². The number of aromatic nitrogens is 3. The first kappa shape index (κ1) is 16.3. The average molecular weight is 336 g/mol. The van der Waals surface area contributed by atoms with Crippen molar-refractivity contribution in [2.45, 2.75) is 32.7 Å². The lowest BCUT2D eigenvalue weighted by Crippen LogP contribution is -2.39. The largest absolute Gasteiger partial charge is 0.371 e. The molecule has 1 saturated heterocycles. The third kappa shape index (κ3) is 3.68. The number of nitrogens with zero attached hydrogens (tertiary/aromatic N) is 4. The predicted molar refractivity (Wildman–Crippen MR) is 88.1 cm³/mol. The molecule has 1 aromatic heterocycles.